The lowest BCUT2D eigenvalue weighted by Gasteiger charge is -2.30. The number of aryl methyl sites for hydroxylation is 1. The van der Waals surface area contributed by atoms with Crippen LogP contribution in [0.15, 0.2) is 47.3 Å². The first-order chi connectivity index (χ1) is 11.1. The van der Waals surface area contributed by atoms with Crippen molar-refractivity contribution in [1.29, 1.82) is 0 Å². The van der Waals surface area contributed by atoms with Gasteiger partial charge in [0.2, 0.25) is 0 Å². The van der Waals surface area contributed by atoms with Gasteiger partial charge >= 0.3 is 5.97 Å². The van der Waals surface area contributed by atoms with Crippen molar-refractivity contribution in [3.8, 4) is 5.75 Å². The minimum Gasteiger partial charge on any atom is -0.472 e. The second-order valence-corrected chi connectivity index (χ2v) is 5.81. The monoisotopic (exact) mass is 313 g/mol. The van der Waals surface area contributed by atoms with Crippen LogP contribution >= 0.6 is 0 Å². The average Bonchev–Trinajstić information content (AvgIpc) is 3.11. The Hall–Kier alpha value is -2.56. The number of amides is 1. The number of carbonyl (C=O) groups excluding carboxylic acids is 2. The van der Waals surface area contributed by atoms with Crippen LogP contribution in [0.3, 0.4) is 0 Å². The van der Waals surface area contributed by atoms with Gasteiger partial charge in [-0.2, -0.15) is 0 Å². The molecule has 1 aromatic carbocycles. The lowest BCUT2D eigenvalue weighted by molar-refractivity contribution is -0.140. The number of esters is 1. The van der Waals surface area contributed by atoms with E-state index in [9.17, 15) is 9.59 Å². The highest BCUT2D eigenvalue weighted by atomic mass is 16.5. The molecule has 1 amide bonds. The Morgan fingerprint density at radius 2 is 1.83 bits per heavy atom. The summed E-state index contributed by atoms with van der Waals surface area (Å²) in [6.07, 6.45) is 4.17. The summed E-state index contributed by atoms with van der Waals surface area (Å²) in [5.41, 5.74) is 1.67. The van der Waals surface area contributed by atoms with Gasteiger partial charge in [0.25, 0.3) is 5.91 Å². The van der Waals surface area contributed by atoms with Crippen molar-refractivity contribution in [1.82, 2.24) is 4.90 Å². The summed E-state index contributed by atoms with van der Waals surface area (Å²) in [7, 11) is 0. The lowest BCUT2D eigenvalue weighted by Crippen LogP contribution is -2.41. The van der Waals surface area contributed by atoms with Crippen molar-refractivity contribution >= 4 is 11.9 Å². The van der Waals surface area contributed by atoms with Gasteiger partial charge < -0.3 is 14.1 Å². The van der Waals surface area contributed by atoms with Crippen molar-refractivity contribution in [2.75, 3.05) is 13.1 Å². The Morgan fingerprint density at radius 3 is 2.43 bits per heavy atom. The number of likely N-dealkylation sites (tertiary alicyclic amines) is 1. The molecule has 23 heavy (non-hydrogen) atoms. The molecule has 5 heteroatoms. The standard InChI is InChI=1S/C18H19NO4/c1-13-2-4-16(5-3-13)23-18(21)14-6-9-19(10-7-14)17(20)15-8-11-22-12-15/h2-5,8,11-12,14H,6-7,9-10H2,1H3. The average molecular weight is 313 g/mol. The third-order valence-electron chi connectivity index (χ3n) is 4.12. The minimum atomic E-state index is -0.218. The third-order valence-corrected chi connectivity index (χ3v) is 4.12. The molecule has 0 aliphatic carbocycles. The molecule has 1 saturated heterocycles. The van der Waals surface area contributed by atoms with Gasteiger partial charge in [0.15, 0.2) is 0 Å². The maximum atomic E-state index is 12.2. The van der Waals surface area contributed by atoms with Gasteiger partial charge in [-0.25, -0.2) is 0 Å². The summed E-state index contributed by atoms with van der Waals surface area (Å²) in [5, 5.41) is 0. The van der Waals surface area contributed by atoms with E-state index in [2.05, 4.69) is 0 Å². The Morgan fingerprint density at radius 1 is 1.13 bits per heavy atom. The number of ether oxygens (including phenoxy) is 1. The van der Waals surface area contributed by atoms with E-state index in [-0.39, 0.29) is 17.8 Å². The predicted molar refractivity (Wildman–Crippen MR) is 84.1 cm³/mol. The summed E-state index contributed by atoms with van der Waals surface area (Å²) in [6, 6.07) is 9.07. The molecule has 2 heterocycles. The van der Waals surface area contributed by atoms with Gasteiger partial charge in [0, 0.05) is 13.1 Å². The summed E-state index contributed by atoms with van der Waals surface area (Å²) < 4.78 is 10.4. The molecular formula is C18H19NO4. The summed E-state index contributed by atoms with van der Waals surface area (Å²) in [6.45, 7) is 3.09. The third kappa shape index (κ3) is 3.62. The molecule has 120 valence electrons. The Kier molecular flexibility index (Phi) is 4.46. The van der Waals surface area contributed by atoms with E-state index in [1.165, 1.54) is 12.5 Å². The molecule has 0 bridgehead atoms. The predicted octanol–water partition coefficient (Wildman–Crippen LogP) is 3.05. The smallest absolute Gasteiger partial charge is 0.314 e. The molecule has 2 aromatic rings. The Labute approximate surface area is 134 Å². The number of hydrogen-bond acceptors (Lipinski definition) is 4. The first-order valence-corrected chi connectivity index (χ1v) is 7.73. The van der Waals surface area contributed by atoms with E-state index in [0.717, 1.165) is 5.56 Å². The van der Waals surface area contributed by atoms with Crippen LogP contribution in [0, 0.1) is 12.8 Å². The van der Waals surface area contributed by atoms with Crippen LogP contribution in [0.2, 0.25) is 0 Å². The fourth-order valence-corrected chi connectivity index (χ4v) is 2.69. The zero-order valence-electron chi connectivity index (χ0n) is 13.0. The maximum Gasteiger partial charge on any atom is 0.314 e. The van der Waals surface area contributed by atoms with Gasteiger partial charge in [-0.15, -0.1) is 0 Å². The molecule has 3 rings (SSSR count). The maximum absolute atomic E-state index is 12.2. The van der Waals surface area contributed by atoms with E-state index < -0.39 is 0 Å². The Balaban J connectivity index is 1.53. The molecule has 1 aliphatic rings. The summed E-state index contributed by atoms with van der Waals surface area (Å²) >= 11 is 0. The van der Waals surface area contributed by atoms with Gasteiger partial charge in [0.05, 0.1) is 17.7 Å². The van der Waals surface area contributed by atoms with E-state index in [1.807, 2.05) is 19.1 Å². The van der Waals surface area contributed by atoms with Crippen molar-refractivity contribution in [3.05, 3.63) is 54.0 Å². The highest BCUT2D eigenvalue weighted by Crippen LogP contribution is 2.22. The first kappa shape index (κ1) is 15.3. The second-order valence-electron chi connectivity index (χ2n) is 5.81. The number of nitrogens with zero attached hydrogens (tertiary/aromatic N) is 1. The van der Waals surface area contributed by atoms with Crippen LogP contribution in [0.5, 0.6) is 5.75 Å². The molecule has 0 saturated carbocycles. The zero-order valence-corrected chi connectivity index (χ0v) is 13.0. The number of hydrogen-bond donors (Lipinski definition) is 0. The normalized spacial score (nSPS) is 15.4. The molecule has 0 radical (unpaired) electrons. The topological polar surface area (TPSA) is 59.8 Å². The van der Waals surface area contributed by atoms with Crippen molar-refractivity contribution in [2.45, 2.75) is 19.8 Å². The number of benzene rings is 1. The molecule has 1 aromatic heterocycles. The van der Waals surface area contributed by atoms with Gasteiger partial charge in [-0.1, -0.05) is 17.7 Å². The summed E-state index contributed by atoms with van der Waals surface area (Å²) in [4.78, 5) is 26.2. The highest BCUT2D eigenvalue weighted by molar-refractivity contribution is 5.94. The SMILES string of the molecule is Cc1ccc(OC(=O)C2CCN(C(=O)c3ccoc3)CC2)cc1. The van der Waals surface area contributed by atoms with Crippen LogP contribution in [0.1, 0.15) is 28.8 Å². The molecule has 0 N–H and O–H groups in total. The molecule has 0 unspecified atom stereocenters. The molecule has 5 nitrogen and oxygen atoms in total. The van der Waals surface area contributed by atoms with Gasteiger partial charge in [0.1, 0.15) is 12.0 Å². The molecular weight excluding hydrogens is 294 g/mol. The Bertz CT molecular complexity index is 668. The van der Waals surface area contributed by atoms with Crippen molar-refractivity contribution in [3.63, 3.8) is 0 Å². The fraction of sp³-hybridized carbons (Fsp3) is 0.333. The number of furan rings is 1. The summed E-state index contributed by atoms with van der Waals surface area (Å²) in [5.74, 6) is 0.135. The quantitative estimate of drug-likeness (QED) is 0.645. The van der Waals surface area contributed by atoms with Gasteiger partial charge in [-0.05, 0) is 38.0 Å². The van der Waals surface area contributed by atoms with Crippen LogP contribution < -0.4 is 4.74 Å². The van der Waals surface area contributed by atoms with E-state index in [4.69, 9.17) is 9.15 Å². The fourth-order valence-electron chi connectivity index (χ4n) is 2.69. The van der Waals surface area contributed by atoms with Gasteiger partial charge in [-0.3, -0.25) is 9.59 Å². The minimum absolute atomic E-state index is 0.0518. The molecule has 0 spiro atoms. The number of carbonyl (C=O) groups is 2. The van der Waals surface area contributed by atoms with Crippen LogP contribution in [-0.4, -0.2) is 29.9 Å². The van der Waals surface area contributed by atoms with E-state index >= 15 is 0 Å². The van der Waals surface area contributed by atoms with Crippen molar-refractivity contribution < 1.29 is 18.7 Å². The zero-order chi connectivity index (χ0) is 16.2. The van der Waals surface area contributed by atoms with Crippen LogP contribution in [0.4, 0.5) is 0 Å². The molecule has 0 atom stereocenters. The van der Waals surface area contributed by atoms with Crippen LogP contribution in [-0.2, 0) is 4.79 Å². The van der Waals surface area contributed by atoms with Crippen LogP contribution in [0.25, 0.3) is 0 Å². The number of piperidine rings is 1. The molecule has 1 aliphatic heterocycles. The lowest BCUT2D eigenvalue weighted by atomic mass is 9.96. The molecule has 1 fully saturated rings. The second kappa shape index (κ2) is 6.69. The number of rotatable bonds is 3. The first-order valence-electron chi connectivity index (χ1n) is 7.73. The van der Waals surface area contributed by atoms with E-state index in [1.54, 1.807) is 23.1 Å². The largest absolute Gasteiger partial charge is 0.472 e. The van der Waals surface area contributed by atoms with E-state index in [0.29, 0.717) is 37.2 Å². The highest BCUT2D eigenvalue weighted by Gasteiger charge is 2.29. The van der Waals surface area contributed by atoms with Crippen molar-refractivity contribution in [2.24, 2.45) is 5.92 Å².